The number of hydrogen-bond donors (Lipinski definition) is 1. The van der Waals surface area contributed by atoms with Crippen molar-refractivity contribution in [2.75, 3.05) is 23.8 Å². The summed E-state index contributed by atoms with van der Waals surface area (Å²) in [5.74, 6) is 1.42. The van der Waals surface area contributed by atoms with Gasteiger partial charge in [0.05, 0.1) is 0 Å². The standard InChI is InChI=1S/C14H15FN4/c1-9-13(16-2)17-8-18-14(9)19-6-5-10-3-4-11(15)7-12(10)19/h3-4,7-8H,5-6H2,1-2H3,(H,16,17,18). The minimum absolute atomic E-state index is 0.216. The molecule has 0 spiro atoms. The first-order valence-electron chi connectivity index (χ1n) is 6.26. The third kappa shape index (κ3) is 1.91. The highest BCUT2D eigenvalue weighted by molar-refractivity contribution is 5.71. The maximum absolute atomic E-state index is 13.4. The summed E-state index contributed by atoms with van der Waals surface area (Å²) in [5.41, 5.74) is 3.04. The first kappa shape index (κ1) is 11.9. The molecular formula is C14H15FN4. The molecule has 0 bridgehead atoms. The van der Waals surface area contributed by atoms with Crippen LogP contribution in [0.5, 0.6) is 0 Å². The third-order valence-corrected chi connectivity index (χ3v) is 3.49. The van der Waals surface area contributed by atoms with E-state index >= 15 is 0 Å². The normalized spacial score (nSPS) is 13.5. The average Bonchev–Trinajstić information content (AvgIpc) is 2.82. The van der Waals surface area contributed by atoms with E-state index in [-0.39, 0.29) is 5.82 Å². The molecule has 0 saturated heterocycles. The van der Waals surface area contributed by atoms with Crippen LogP contribution in [0.15, 0.2) is 24.5 Å². The molecule has 19 heavy (non-hydrogen) atoms. The van der Waals surface area contributed by atoms with Gasteiger partial charge in [-0.25, -0.2) is 14.4 Å². The fourth-order valence-corrected chi connectivity index (χ4v) is 2.54. The van der Waals surface area contributed by atoms with E-state index in [1.165, 1.54) is 12.4 Å². The number of hydrogen-bond acceptors (Lipinski definition) is 4. The van der Waals surface area contributed by atoms with Crippen LogP contribution in [-0.4, -0.2) is 23.6 Å². The molecule has 0 saturated carbocycles. The van der Waals surface area contributed by atoms with Gasteiger partial charge in [0, 0.05) is 24.8 Å². The molecule has 1 aromatic heterocycles. The van der Waals surface area contributed by atoms with Gasteiger partial charge in [-0.15, -0.1) is 0 Å². The van der Waals surface area contributed by atoms with Crippen molar-refractivity contribution in [2.24, 2.45) is 0 Å². The molecule has 0 radical (unpaired) electrons. The lowest BCUT2D eigenvalue weighted by molar-refractivity contribution is 0.628. The summed E-state index contributed by atoms with van der Waals surface area (Å²) in [5, 5.41) is 3.04. The van der Waals surface area contributed by atoms with Crippen LogP contribution in [0.3, 0.4) is 0 Å². The van der Waals surface area contributed by atoms with Crippen LogP contribution in [0.4, 0.5) is 21.7 Å². The molecule has 2 heterocycles. The highest BCUT2D eigenvalue weighted by Gasteiger charge is 2.24. The smallest absolute Gasteiger partial charge is 0.141 e. The molecule has 4 nitrogen and oxygen atoms in total. The van der Waals surface area contributed by atoms with Crippen molar-refractivity contribution in [1.82, 2.24) is 9.97 Å². The van der Waals surface area contributed by atoms with E-state index in [0.717, 1.165) is 41.4 Å². The van der Waals surface area contributed by atoms with Crippen LogP contribution in [0.1, 0.15) is 11.1 Å². The molecule has 0 aliphatic carbocycles. The zero-order valence-electron chi connectivity index (χ0n) is 10.9. The maximum Gasteiger partial charge on any atom is 0.141 e. The highest BCUT2D eigenvalue weighted by Crippen LogP contribution is 2.36. The van der Waals surface area contributed by atoms with E-state index in [2.05, 4.69) is 20.2 Å². The summed E-state index contributed by atoms with van der Waals surface area (Å²) in [4.78, 5) is 10.6. The largest absolute Gasteiger partial charge is 0.373 e. The van der Waals surface area contributed by atoms with Gasteiger partial charge in [0.15, 0.2) is 0 Å². The number of halogens is 1. The molecule has 1 aliphatic heterocycles. The van der Waals surface area contributed by atoms with E-state index in [0.29, 0.717) is 0 Å². The van der Waals surface area contributed by atoms with E-state index < -0.39 is 0 Å². The molecule has 0 unspecified atom stereocenters. The second-order valence-electron chi connectivity index (χ2n) is 4.60. The summed E-state index contributed by atoms with van der Waals surface area (Å²) in [6.45, 7) is 2.79. The molecular weight excluding hydrogens is 243 g/mol. The molecule has 0 amide bonds. The number of nitrogens with zero attached hydrogens (tertiary/aromatic N) is 3. The minimum Gasteiger partial charge on any atom is -0.373 e. The van der Waals surface area contributed by atoms with Crippen molar-refractivity contribution in [3.63, 3.8) is 0 Å². The Morgan fingerprint density at radius 3 is 2.95 bits per heavy atom. The van der Waals surface area contributed by atoms with Crippen LogP contribution in [0, 0.1) is 12.7 Å². The summed E-state index contributed by atoms with van der Waals surface area (Å²) >= 11 is 0. The third-order valence-electron chi connectivity index (χ3n) is 3.49. The minimum atomic E-state index is -0.216. The van der Waals surface area contributed by atoms with Gasteiger partial charge in [-0.2, -0.15) is 0 Å². The zero-order valence-corrected chi connectivity index (χ0v) is 10.9. The number of benzene rings is 1. The quantitative estimate of drug-likeness (QED) is 0.899. The van der Waals surface area contributed by atoms with E-state index in [4.69, 9.17) is 0 Å². The molecule has 3 rings (SSSR count). The summed E-state index contributed by atoms with van der Waals surface area (Å²) in [6.07, 6.45) is 2.44. The van der Waals surface area contributed by atoms with Crippen molar-refractivity contribution >= 4 is 17.3 Å². The van der Waals surface area contributed by atoms with Crippen molar-refractivity contribution in [3.8, 4) is 0 Å². The van der Waals surface area contributed by atoms with Crippen molar-refractivity contribution < 1.29 is 4.39 Å². The molecule has 1 aliphatic rings. The summed E-state index contributed by atoms with van der Waals surface area (Å²) in [7, 11) is 1.83. The zero-order chi connectivity index (χ0) is 13.4. The van der Waals surface area contributed by atoms with Gasteiger partial charge in [0.2, 0.25) is 0 Å². The topological polar surface area (TPSA) is 41.1 Å². The van der Waals surface area contributed by atoms with Gasteiger partial charge in [-0.1, -0.05) is 6.07 Å². The highest BCUT2D eigenvalue weighted by atomic mass is 19.1. The number of aromatic nitrogens is 2. The summed E-state index contributed by atoms with van der Waals surface area (Å²) < 4.78 is 13.4. The monoisotopic (exact) mass is 258 g/mol. The lowest BCUT2D eigenvalue weighted by Crippen LogP contribution is -2.17. The van der Waals surface area contributed by atoms with Crippen molar-refractivity contribution in [3.05, 3.63) is 41.5 Å². The number of rotatable bonds is 2. The molecule has 0 fully saturated rings. The van der Waals surface area contributed by atoms with E-state index in [1.54, 1.807) is 6.07 Å². The second kappa shape index (κ2) is 4.50. The fourth-order valence-electron chi connectivity index (χ4n) is 2.54. The van der Waals surface area contributed by atoms with Crippen LogP contribution < -0.4 is 10.2 Å². The van der Waals surface area contributed by atoms with Gasteiger partial charge < -0.3 is 10.2 Å². The molecule has 2 aromatic rings. The Kier molecular flexibility index (Phi) is 2.81. The number of anilines is 3. The van der Waals surface area contributed by atoms with Gasteiger partial charge >= 0.3 is 0 Å². The van der Waals surface area contributed by atoms with E-state index in [9.17, 15) is 4.39 Å². The van der Waals surface area contributed by atoms with Crippen LogP contribution in [0.25, 0.3) is 0 Å². The Morgan fingerprint density at radius 2 is 2.16 bits per heavy atom. The van der Waals surface area contributed by atoms with Crippen LogP contribution >= 0.6 is 0 Å². The van der Waals surface area contributed by atoms with Gasteiger partial charge in [-0.05, 0) is 31.0 Å². The molecule has 1 aromatic carbocycles. The Bertz CT molecular complexity index is 627. The van der Waals surface area contributed by atoms with E-state index in [1.807, 2.05) is 20.0 Å². The first-order chi connectivity index (χ1) is 9.20. The average molecular weight is 258 g/mol. The predicted octanol–water partition coefficient (Wildman–Crippen LogP) is 2.66. The fraction of sp³-hybridized carbons (Fsp3) is 0.286. The van der Waals surface area contributed by atoms with Crippen molar-refractivity contribution in [2.45, 2.75) is 13.3 Å². The SMILES string of the molecule is CNc1ncnc(N2CCc3ccc(F)cc32)c1C. The molecule has 98 valence electrons. The van der Waals surface area contributed by atoms with Gasteiger partial charge in [0.25, 0.3) is 0 Å². The molecule has 5 heteroatoms. The Labute approximate surface area is 111 Å². The lowest BCUT2D eigenvalue weighted by Gasteiger charge is -2.21. The second-order valence-corrected chi connectivity index (χ2v) is 4.60. The van der Waals surface area contributed by atoms with Gasteiger partial charge in [-0.3, -0.25) is 0 Å². The number of nitrogens with one attached hydrogen (secondary N) is 1. The Hall–Kier alpha value is -2.17. The molecule has 1 N–H and O–H groups in total. The predicted molar refractivity (Wildman–Crippen MR) is 73.4 cm³/mol. The van der Waals surface area contributed by atoms with Crippen LogP contribution in [0.2, 0.25) is 0 Å². The first-order valence-corrected chi connectivity index (χ1v) is 6.26. The number of fused-ring (bicyclic) bond motifs is 1. The molecule has 0 atom stereocenters. The van der Waals surface area contributed by atoms with Crippen LogP contribution in [-0.2, 0) is 6.42 Å². The lowest BCUT2D eigenvalue weighted by atomic mass is 10.1. The van der Waals surface area contributed by atoms with Crippen molar-refractivity contribution in [1.29, 1.82) is 0 Å². The summed E-state index contributed by atoms with van der Waals surface area (Å²) in [6, 6.07) is 4.93. The maximum atomic E-state index is 13.4. The Balaban J connectivity index is 2.09. The Morgan fingerprint density at radius 1 is 1.32 bits per heavy atom. The van der Waals surface area contributed by atoms with Gasteiger partial charge in [0.1, 0.15) is 23.8 Å².